The number of carbonyl (C=O) groups excluding carboxylic acids is 1. The first-order valence-corrected chi connectivity index (χ1v) is 6.09. The van der Waals surface area contributed by atoms with E-state index in [4.69, 9.17) is 10.2 Å². The van der Waals surface area contributed by atoms with E-state index in [1.165, 1.54) is 12.1 Å². The molecule has 104 valence electrons. The second kappa shape index (κ2) is 7.05. The van der Waals surface area contributed by atoms with Crippen molar-refractivity contribution in [2.45, 2.75) is 12.5 Å². The topological polar surface area (TPSA) is 98.7 Å². The summed E-state index contributed by atoms with van der Waals surface area (Å²) in [6, 6.07) is 1.86. The molecule has 0 aliphatic heterocycles. The number of halogens is 2. The average Bonchev–Trinajstić information content (AvgIpc) is 2.33. The van der Waals surface area contributed by atoms with Gasteiger partial charge in [0.25, 0.3) is 0 Å². The number of carbonyl (C=O) groups is 2. The SMILES string of the molecule is O=C(Nc1cc(Br)ccc1F)N[C@@H](CCO)C(=O)O. The van der Waals surface area contributed by atoms with E-state index in [0.29, 0.717) is 4.47 Å². The quantitative estimate of drug-likeness (QED) is 0.656. The summed E-state index contributed by atoms with van der Waals surface area (Å²) in [7, 11) is 0. The van der Waals surface area contributed by atoms with Crippen molar-refractivity contribution in [2.75, 3.05) is 11.9 Å². The number of hydrogen-bond donors (Lipinski definition) is 4. The zero-order valence-corrected chi connectivity index (χ0v) is 11.3. The summed E-state index contributed by atoms with van der Waals surface area (Å²) >= 11 is 3.12. The molecule has 19 heavy (non-hydrogen) atoms. The minimum absolute atomic E-state index is 0.0833. The van der Waals surface area contributed by atoms with Crippen molar-refractivity contribution in [3.05, 3.63) is 28.5 Å². The number of anilines is 1. The van der Waals surface area contributed by atoms with E-state index < -0.39 is 23.9 Å². The summed E-state index contributed by atoms with van der Waals surface area (Å²) in [6.45, 7) is -0.386. The van der Waals surface area contributed by atoms with Crippen LogP contribution < -0.4 is 10.6 Å². The Morgan fingerprint density at radius 3 is 2.68 bits per heavy atom. The number of nitrogens with one attached hydrogen (secondary N) is 2. The maximum absolute atomic E-state index is 13.4. The van der Waals surface area contributed by atoms with Crippen LogP contribution in [0.2, 0.25) is 0 Å². The highest BCUT2D eigenvalue weighted by Crippen LogP contribution is 2.19. The Balaban J connectivity index is 2.68. The molecule has 0 heterocycles. The minimum Gasteiger partial charge on any atom is -0.480 e. The summed E-state index contributed by atoms with van der Waals surface area (Å²) in [4.78, 5) is 22.3. The molecule has 0 radical (unpaired) electrons. The van der Waals surface area contributed by atoms with Gasteiger partial charge in [0.05, 0.1) is 5.69 Å². The Morgan fingerprint density at radius 2 is 2.11 bits per heavy atom. The molecular weight excluding hydrogens is 323 g/mol. The van der Waals surface area contributed by atoms with Crippen LogP contribution in [-0.4, -0.2) is 34.9 Å². The largest absolute Gasteiger partial charge is 0.480 e. The van der Waals surface area contributed by atoms with Crippen LogP contribution in [0.1, 0.15) is 6.42 Å². The number of amides is 2. The molecular formula is C11H12BrFN2O4. The molecule has 0 aliphatic carbocycles. The number of carboxylic acid groups (broad SMARTS) is 1. The second-order valence-electron chi connectivity index (χ2n) is 3.63. The molecule has 0 unspecified atom stereocenters. The van der Waals surface area contributed by atoms with Gasteiger partial charge in [-0.2, -0.15) is 0 Å². The molecule has 0 spiro atoms. The van der Waals surface area contributed by atoms with Crippen molar-refractivity contribution in [1.82, 2.24) is 5.32 Å². The molecule has 1 aromatic rings. The van der Waals surface area contributed by atoms with E-state index in [2.05, 4.69) is 26.6 Å². The molecule has 0 aromatic heterocycles. The summed E-state index contributed by atoms with van der Waals surface area (Å²) < 4.78 is 13.9. The third-order valence-electron chi connectivity index (χ3n) is 2.20. The summed E-state index contributed by atoms with van der Waals surface area (Å²) in [5, 5.41) is 21.8. The van der Waals surface area contributed by atoms with Gasteiger partial charge in [-0.05, 0) is 18.2 Å². The number of aliphatic carboxylic acids is 1. The summed E-state index contributed by atoms with van der Waals surface area (Å²) in [6.07, 6.45) is -0.135. The number of rotatable bonds is 5. The summed E-state index contributed by atoms with van der Waals surface area (Å²) in [5.41, 5.74) is -0.0833. The van der Waals surface area contributed by atoms with Crippen LogP contribution in [0.4, 0.5) is 14.9 Å². The normalized spacial score (nSPS) is 11.7. The molecule has 0 aliphatic rings. The zero-order chi connectivity index (χ0) is 14.4. The Labute approximate surface area is 116 Å². The Hall–Kier alpha value is -1.67. The van der Waals surface area contributed by atoms with Gasteiger partial charge in [-0.1, -0.05) is 15.9 Å². The molecule has 1 atom stereocenters. The molecule has 2 amide bonds. The number of aliphatic hydroxyl groups excluding tert-OH is 1. The van der Waals surface area contributed by atoms with E-state index >= 15 is 0 Å². The predicted octanol–water partition coefficient (Wildman–Crippen LogP) is 1.55. The van der Waals surface area contributed by atoms with Crippen molar-refractivity contribution in [2.24, 2.45) is 0 Å². The lowest BCUT2D eigenvalue weighted by atomic mass is 10.2. The maximum atomic E-state index is 13.4. The minimum atomic E-state index is -1.28. The standard InChI is InChI=1S/C11H12BrFN2O4/c12-6-1-2-7(13)9(5-6)15-11(19)14-8(3-4-16)10(17)18/h1-2,5,8,16H,3-4H2,(H,17,18)(H2,14,15,19)/t8-/m0/s1. The fourth-order valence-corrected chi connectivity index (χ4v) is 1.66. The molecule has 6 nitrogen and oxygen atoms in total. The van der Waals surface area contributed by atoms with Crippen molar-refractivity contribution in [3.63, 3.8) is 0 Å². The number of hydrogen-bond acceptors (Lipinski definition) is 3. The van der Waals surface area contributed by atoms with Gasteiger partial charge in [-0.15, -0.1) is 0 Å². The van der Waals surface area contributed by atoms with Gasteiger partial charge in [0.15, 0.2) is 0 Å². The summed E-state index contributed by atoms with van der Waals surface area (Å²) in [5.74, 6) is -1.92. The Morgan fingerprint density at radius 1 is 1.42 bits per heavy atom. The van der Waals surface area contributed by atoms with Crippen molar-refractivity contribution >= 4 is 33.6 Å². The van der Waals surface area contributed by atoms with Gasteiger partial charge in [0, 0.05) is 17.5 Å². The monoisotopic (exact) mass is 334 g/mol. The molecule has 0 bridgehead atoms. The van der Waals surface area contributed by atoms with Crippen LogP contribution in [-0.2, 0) is 4.79 Å². The van der Waals surface area contributed by atoms with Crippen molar-refractivity contribution in [1.29, 1.82) is 0 Å². The van der Waals surface area contributed by atoms with Crippen LogP contribution in [0.15, 0.2) is 22.7 Å². The van der Waals surface area contributed by atoms with Gasteiger partial charge < -0.3 is 20.8 Å². The first-order chi connectivity index (χ1) is 8.93. The Bertz CT molecular complexity index is 484. The first-order valence-electron chi connectivity index (χ1n) is 5.30. The van der Waals surface area contributed by atoms with E-state index in [9.17, 15) is 14.0 Å². The maximum Gasteiger partial charge on any atom is 0.326 e. The molecule has 0 saturated heterocycles. The van der Waals surface area contributed by atoms with Crippen LogP contribution in [0.5, 0.6) is 0 Å². The van der Waals surface area contributed by atoms with Crippen LogP contribution in [0.25, 0.3) is 0 Å². The van der Waals surface area contributed by atoms with E-state index in [0.717, 1.165) is 6.07 Å². The third kappa shape index (κ3) is 4.84. The molecule has 1 aromatic carbocycles. The highest BCUT2D eigenvalue weighted by Gasteiger charge is 2.19. The Kier molecular flexibility index (Phi) is 5.71. The third-order valence-corrected chi connectivity index (χ3v) is 2.69. The van der Waals surface area contributed by atoms with Crippen molar-refractivity contribution < 1.29 is 24.2 Å². The van der Waals surface area contributed by atoms with Gasteiger partial charge in [0.1, 0.15) is 11.9 Å². The predicted molar refractivity (Wildman–Crippen MR) is 69.4 cm³/mol. The molecule has 8 heteroatoms. The van der Waals surface area contributed by atoms with Crippen LogP contribution in [0, 0.1) is 5.82 Å². The smallest absolute Gasteiger partial charge is 0.326 e. The van der Waals surface area contributed by atoms with Gasteiger partial charge >= 0.3 is 12.0 Å². The number of carboxylic acids is 1. The van der Waals surface area contributed by atoms with Gasteiger partial charge in [-0.25, -0.2) is 14.0 Å². The average molecular weight is 335 g/mol. The highest BCUT2D eigenvalue weighted by atomic mass is 79.9. The zero-order valence-electron chi connectivity index (χ0n) is 9.69. The fraction of sp³-hybridized carbons (Fsp3) is 0.273. The molecule has 0 saturated carbocycles. The lowest BCUT2D eigenvalue weighted by Crippen LogP contribution is -2.43. The highest BCUT2D eigenvalue weighted by molar-refractivity contribution is 9.10. The number of urea groups is 1. The van der Waals surface area contributed by atoms with E-state index in [1.54, 1.807) is 0 Å². The van der Waals surface area contributed by atoms with Crippen LogP contribution in [0.3, 0.4) is 0 Å². The second-order valence-corrected chi connectivity index (χ2v) is 4.54. The van der Waals surface area contributed by atoms with Gasteiger partial charge in [0.2, 0.25) is 0 Å². The van der Waals surface area contributed by atoms with E-state index in [1.807, 2.05) is 0 Å². The van der Waals surface area contributed by atoms with Crippen molar-refractivity contribution in [3.8, 4) is 0 Å². The lowest BCUT2D eigenvalue weighted by molar-refractivity contribution is -0.139. The number of aliphatic hydroxyl groups is 1. The van der Waals surface area contributed by atoms with Gasteiger partial charge in [-0.3, -0.25) is 0 Å². The molecule has 0 fully saturated rings. The fourth-order valence-electron chi connectivity index (χ4n) is 1.30. The first kappa shape index (κ1) is 15.4. The molecule has 1 rings (SSSR count). The number of benzene rings is 1. The van der Waals surface area contributed by atoms with E-state index in [-0.39, 0.29) is 18.7 Å². The van der Waals surface area contributed by atoms with Crippen LogP contribution >= 0.6 is 15.9 Å². The lowest BCUT2D eigenvalue weighted by Gasteiger charge is -2.14. The molecule has 4 N–H and O–H groups in total.